The molecule has 0 radical (unpaired) electrons. The summed E-state index contributed by atoms with van der Waals surface area (Å²) in [6.07, 6.45) is 4.96. The van der Waals surface area contributed by atoms with Crippen LogP contribution in [0.3, 0.4) is 0 Å². The van der Waals surface area contributed by atoms with E-state index in [1.807, 2.05) is 0 Å². The molecule has 0 aromatic carbocycles. The predicted octanol–water partition coefficient (Wildman–Crippen LogP) is 3.16. The third-order valence-electron chi connectivity index (χ3n) is 2.49. The first-order valence-corrected chi connectivity index (χ1v) is 6.74. The Bertz CT molecular complexity index is 270. The molecule has 1 atom stereocenters. The van der Waals surface area contributed by atoms with E-state index in [-0.39, 0.29) is 0 Å². The summed E-state index contributed by atoms with van der Waals surface area (Å²) in [6, 6.07) is 0.644. The zero-order valence-electron chi connectivity index (χ0n) is 10.0. The Hall–Kier alpha value is -0.410. The molecule has 0 amide bonds. The maximum Gasteiger partial charge on any atom is 0.0940 e. The molecular formula is C12H22N2S. The van der Waals surface area contributed by atoms with Crippen molar-refractivity contribution in [1.29, 1.82) is 0 Å². The van der Waals surface area contributed by atoms with E-state index in [0.29, 0.717) is 6.04 Å². The van der Waals surface area contributed by atoms with Gasteiger partial charge in [0.1, 0.15) is 0 Å². The first kappa shape index (κ1) is 12.7. The average molecular weight is 226 g/mol. The number of unbranched alkanes of at least 4 members (excludes halogenated alkanes) is 1. The lowest BCUT2D eigenvalue weighted by Gasteiger charge is -2.12. The number of aromatic nitrogens is 1. The first-order valence-electron chi connectivity index (χ1n) is 5.86. The fourth-order valence-electron chi connectivity index (χ4n) is 1.56. The summed E-state index contributed by atoms with van der Waals surface area (Å²) in [7, 11) is 0. The van der Waals surface area contributed by atoms with Gasteiger partial charge in [0.15, 0.2) is 0 Å². The Balaban J connectivity index is 2.10. The Morgan fingerprint density at radius 1 is 1.53 bits per heavy atom. The van der Waals surface area contributed by atoms with Gasteiger partial charge in [-0.3, -0.25) is 0 Å². The summed E-state index contributed by atoms with van der Waals surface area (Å²) in [4.78, 5) is 4.45. The lowest BCUT2D eigenvalue weighted by molar-refractivity contribution is 0.498. The minimum absolute atomic E-state index is 0.644. The lowest BCUT2D eigenvalue weighted by atomic mass is 10.1. The van der Waals surface area contributed by atoms with E-state index >= 15 is 0 Å². The first-order chi connectivity index (χ1) is 7.22. The summed E-state index contributed by atoms with van der Waals surface area (Å²) in [6.45, 7) is 7.61. The van der Waals surface area contributed by atoms with Crippen LogP contribution in [0.2, 0.25) is 0 Å². The molecule has 1 aromatic heterocycles. The van der Waals surface area contributed by atoms with Gasteiger partial charge in [-0.15, -0.1) is 11.3 Å². The Morgan fingerprint density at radius 2 is 2.33 bits per heavy atom. The van der Waals surface area contributed by atoms with Crippen molar-refractivity contribution in [3.05, 3.63) is 16.1 Å². The van der Waals surface area contributed by atoms with Crippen LogP contribution in [-0.2, 0) is 6.42 Å². The molecule has 0 bridgehead atoms. The van der Waals surface area contributed by atoms with Crippen LogP contribution in [0.25, 0.3) is 0 Å². The zero-order chi connectivity index (χ0) is 11.1. The van der Waals surface area contributed by atoms with Crippen molar-refractivity contribution >= 4 is 11.3 Å². The highest BCUT2D eigenvalue weighted by Gasteiger charge is 2.02. The number of nitrogens with one attached hydrogen (secondary N) is 1. The van der Waals surface area contributed by atoms with Crippen molar-refractivity contribution in [3.8, 4) is 0 Å². The van der Waals surface area contributed by atoms with Crippen LogP contribution in [0.4, 0.5) is 0 Å². The van der Waals surface area contributed by atoms with Gasteiger partial charge >= 0.3 is 0 Å². The topological polar surface area (TPSA) is 24.9 Å². The summed E-state index contributed by atoms with van der Waals surface area (Å²) < 4.78 is 0. The highest BCUT2D eigenvalue weighted by atomic mass is 32.1. The molecule has 86 valence electrons. The predicted molar refractivity (Wildman–Crippen MR) is 67.5 cm³/mol. The third kappa shape index (κ3) is 5.28. The van der Waals surface area contributed by atoms with E-state index in [1.165, 1.54) is 24.3 Å². The molecule has 2 nitrogen and oxygen atoms in total. The fraction of sp³-hybridized carbons (Fsp3) is 0.750. The number of thiazole rings is 1. The molecule has 1 rings (SSSR count). The highest BCUT2D eigenvalue weighted by Crippen LogP contribution is 2.08. The van der Waals surface area contributed by atoms with Crippen molar-refractivity contribution in [2.24, 2.45) is 0 Å². The van der Waals surface area contributed by atoms with Gasteiger partial charge in [-0.25, -0.2) is 4.98 Å². The van der Waals surface area contributed by atoms with Crippen LogP contribution in [0.1, 0.15) is 43.8 Å². The number of rotatable bonds is 7. The molecule has 0 spiro atoms. The smallest absolute Gasteiger partial charge is 0.0940 e. The lowest BCUT2D eigenvalue weighted by Crippen LogP contribution is -2.27. The summed E-state index contributed by atoms with van der Waals surface area (Å²) in [5.74, 6) is 0. The summed E-state index contributed by atoms with van der Waals surface area (Å²) in [5.41, 5.74) is 1.15. The Kier molecular flexibility index (Phi) is 5.88. The molecule has 3 heteroatoms. The second-order valence-corrected chi connectivity index (χ2v) is 5.07. The molecule has 0 fully saturated rings. The van der Waals surface area contributed by atoms with Crippen molar-refractivity contribution in [2.45, 2.75) is 52.5 Å². The van der Waals surface area contributed by atoms with Crippen molar-refractivity contribution in [3.63, 3.8) is 0 Å². The molecule has 1 heterocycles. The standard InChI is InChI=1S/C12H22N2S/c1-4-5-6-10(2)13-8-7-12-14-11(3)9-15-12/h9-10,13H,4-8H2,1-3H3. The SMILES string of the molecule is CCCCC(C)NCCc1nc(C)cs1. The number of nitrogens with zero attached hydrogens (tertiary/aromatic N) is 1. The van der Waals surface area contributed by atoms with E-state index in [0.717, 1.165) is 18.7 Å². The molecule has 1 unspecified atom stereocenters. The highest BCUT2D eigenvalue weighted by molar-refractivity contribution is 7.09. The van der Waals surface area contributed by atoms with E-state index in [2.05, 4.69) is 36.5 Å². The second kappa shape index (κ2) is 6.96. The molecule has 0 aliphatic heterocycles. The van der Waals surface area contributed by atoms with Crippen LogP contribution in [-0.4, -0.2) is 17.6 Å². The minimum atomic E-state index is 0.644. The molecule has 1 aromatic rings. The molecule has 0 saturated heterocycles. The van der Waals surface area contributed by atoms with Crippen LogP contribution in [0.5, 0.6) is 0 Å². The van der Waals surface area contributed by atoms with Gasteiger partial charge in [0, 0.05) is 30.1 Å². The maximum atomic E-state index is 4.45. The molecular weight excluding hydrogens is 204 g/mol. The van der Waals surface area contributed by atoms with Crippen molar-refractivity contribution in [1.82, 2.24) is 10.3 Å². The minimum Gasteiger partial charge on any atom is -0.314 e. The van der Waals surface area contributed by atoms with Gasteiger partial charge in [-0.2, -0.15) is 0 Å². The number of hydrogen-bond donors (Lipinski definition) is 1. The van der Waals surface area contributed by atoms with Gasteiger partial charge in [-0.05, 0) is 20.3 Å². The van der Waals surface area contributed by atoms with E-state index in [9.17, 15) is 0 Å². The monoisotopic (exact) mass is 226 g/mol. The molecule has 0 aliphatic carbocycles. The van der Waals surface area contributed by atoms with Gasteiger partial charge < -0.3 is 5.32 Å². The van der Waals surface area contributed by atoms with Gasteiger partial charge in [0.05, 0.1) is 5.01 Å². The normalized spacial score (nSPS) is 13.0. The average Bonchev–Trinajstić information content (AvgIpc) is 2.61. The fourth-order valence-corrected chi connectivity index (χ4v) is 2.33. The van der Waals surface area contributed by atoms with E-state index < -0.39 is 0 Å². The zero-order valence-corrected chi connectivity index (χ0v) is 10.9. The van der Waals surface area contributed by atoms with Crippen molar-refractivity contribution < 1.29 is 0 Å². The van der Waals surface area contributed by atoms with E-state index in [1.54, 1.807) is 11.3 Å². The van der Waals surface area contributed by atoms with Crippen LogP contribution in [0, 0.1) is 6.92 Å². The molecule has 0 aliphatic rings. The van der Waals surface area contributed by atoms with Crippen molar-refractivity contribution in [2.75, 3.05) is 6.54 Å². The molecule has 1 N–H and O–H groups in total. The molecule has 0 saturated carbocycles. The third-order valence-corrected chi connectivity index (χ3v) is 3.52. The molecule has 15 heavy (non-hydrogen) atoms. The number of aryl methyl sites for hydroxylation is 1. The Morgan fingerprint density at radius 3 is 2.93 bits per heavy atom. The van der Waals surface area contributed by atoms with Gasteiger partial charge in [0.25, 0.3) is 0 Å². The Labute approximate surface area is 97.1 Å². The maximum absolute atomic E-state index is 4.45. The van der Waals surface area contributed by atoms with Crippen LogP contribution >= 0.6 is 11.3 Å². The number of hydrogen-bond acceptors (Lipinski definition) is 3. The summed E-state index contributed by atoms with van der Waals surface area (Å²) in [5, 5.41) is 6.92. The summed E-state index contributed by atoms with van der Waals surface area (Å²) >= 11 is 1.77. The van der Waals surface area contributed by atoms with E-state index in [4.69, 9.17) is 0 Å². The quantitative estimate of drug-likeness (QED) is 0.772. The largest absolute Gasteiger partial charge is 0.314 e. The second-order valence-electron chi connectivity index (χ2n) is 4.13. The van der Waals surface area contributed by atoms with Gasteiger partial charge in [0.2, 0.25) is 0 Å². The van der Waals surface area contributed by atoms with Gasteiger partial charge in [-0.1, -0.05) is 19.8 Å². The van der Waals surface area contributed by atoms with Crippen LogP contribution in [0.15, 0.2) is 5.38 Å². The van der Waals surface area contributed by atoms with Crippen LogP contribution < -0.4 is 5.32 Å².